The zero-order chi connectivity index (χ0) is 11.5. The van der Waals surface area contributed by atoms with Gasteiger partial charge in [0, 0.05) is 12.6 Å². The molecule has 15 heavy (non-hydrogen) atoms. The number of nitrogens with two attached hydrogens (primary N) is 1. The van der Waals surface area contributed by atoms with E-state index in [9.17, 15) is 4.79 Å². The molecule has 0 spiro atoms. The predicted octanol–water partition coefficient (Wildman–Crippen LogP) is 0.324. The quantitative estimate of drug-likeness (QED) is 0.691. The van der Waals surface area contributed by atoms with Crippen molar-refractivity contribution in [3.05, 3.63) is 0 Å². The van der Waals surface area contributed by atoms with Crippen molar-refractivity contribution in [3.63, 3.8) is 0 Å². The van der Waals surface area contributed by atoms with Crippen LogP contribution in [0.5, 0.6) is 0 Å². The molecule has 0 aromatic rings. The molecule has 3 N–H and O–H groups in total. The molecule has 0 aromatic heterocycles. The van der Waals surface area contributed by atoms with Gasteiger partial charge in [-0.15, -0.1) is 0 Å². The van der Waals surface area contributed by atoms with Gasteiger partial charge in [0.1, 0.15) is 5.54 Å². The van der Waals surface area contributed by atoms with E-state index in [2.05, 4.69) is 10.2 Å². The third-order valence-corrected chi connectivity index (χ3v) is 2.89. The summed E-state index contributed by atoms with van der Waals surface area (Å²) in [4.78, 5) is 13.8. The molecular weight excluding hydrogens is 190 g/mol. The molecule has 1 aliphatic heterocycles. The summed E-state index contributed by atoms with van der Waals surface area (Å²) in [7, 11) is 0. The zero-order valence-electron chi connectivity index (χ0n) is 10.0. The van der Waals surface area contributed by atoms with Gasteiger partial charge in [-0.2, -0.15) is 0 Å². The predicted molar refractivity (Wildman–Crippen MR) is 61.5 cm³/mol. The van der Waals surface area contributed by atoms with Gasteiger partial charge in [-0.1, -0.05) is 0 Å². The molecular formula is C11H23N3O. The molecule has 1 rings (SSSR count). The largest absolute Gasteiger partial charge is 0.368 e. The molecule has 88 valence electrons. The molecule has 0 saturated carbocycles. The molecule has 1 amide bonds. The third kappa shape index (κ3) is 3.47. The van der Waals surface area contributed by atoms with Crippen LogP contribution in [0.4, 0.5) is 0 Å². The van der Waals surface area contributed by atoms with Crippen molar-refractivity contribution in [1.82, 2.24) is 10.2 Å². The number of nitrogens with one attached hydrogen (secondary N) is 1. The van der Waals surface area contributed by atoms with Crippen LogP contribution in [0.15, 0.2) is 0 Å². The van der Waals surface area contributed by atoms with Gasteiger partial charge in [0.15, 0.2) is 0 Å². The summed E-state index contributed by atoms with van der Waals surface area (Å²) < 4.78 is 0. The van der Waals surface area contributed by atoms with Crippen LogP contribution < -0.4 is 11.1 Å². The molecule has 1 heterocycles. The highest BCUT2D eigenvalue weighted by molar-refractivity contribution is 5.84. The second-order valence-corrected chi connectivity index (χ2v) is 4.98. The lowest BCUT2D eigenvalue weighted by molar-refractivity contribution is -0.124. The molecule has 0 aromatic carbocycles. The molecule has 0 aliphatic carbocycles. The first-order chi connectivity index (χ1) is 6.94. The molecule has 1 atom stereocenters. The van der Waals surface area contributed by atoms with E-state index in [1.54, 1.807) is 0 Å². The van der Waals surface area contributed by atoms with E-state index in [1.165, 1.54) is 12.8 Å². The van der Waals surface area contributed by atoms with Gasteiger partial charge in [0.05, 0.1) is 0 Å². The van der Waals surface area contributed by atoms with Gasteiger partial charge in [0.2, 0.25) is 5.91 Å². The number of amides is 1. The Balaban J connectivity index is 2.59. The van der Waals surface area contributed by atoms with E-state index in [0.29, 0.717) is 0 Å². The van der Waals surface area contributed by atoms with E-state index in [-0.39, 0.29) is 11.9 Å². The summed E-state index contributed by atoms with van der Waals surface area (Å²) in [6.07, 6.45) is 2.47. The smallest absolute Gasteiger partial charge is 0.238 e. The Bertz CT molecular complexity index is 224. The number of nitrogens with zero attached hydrogens (tertiary/aromatic N) is 1. The van der Waals surface area contributed by atoms with Crippen molar-refractivity contribution in [2.45, 2.75) is 45.2 Å². The van der Waals surface area contributed by atoms with Crippen LogP contribution in [0.25, 0.3) is 0 Å². The second kappa shape index (κ2) is 4.94. The van der Waals surface area contributed by atoms with Gasteiger partial charge in [0.25, 0.3) is 0 Å². The number of carbonyl (C=O) groups excluding carboxylic acids is 1. The fraction of sp³-hybridized carbons (Fsp3) is 0.909. The lowest BCUT2D eigenvalue weighted by atomic mass is 9.99. The van der Waals surface area contributed by atoms with Crippen molar-refractivity contribution < 1.29 is 4.79 Å². The van der Waals surface area contributed by atoms with Gasteiger partial charge >= 0.3 is 0 Å². The van der Waals surface area contributed by atoms with Gasteiger partial charge in [-0.05, 0) is 46.7 Å². The van der Waals surface area contributed by atoms with Crippen LogP contribution in [0.3, 0.4) is 0 Å². The van der Waals surface area contributed by atoms with Crippen LogP contribution in [-0.4, -0.2) is 42.0 Å². The highest BCUT2D eigenvalue weighted by Crippen LogP contribution is 2.13. The fourth-order valence-corrected chi connectivity index (χ4v) is 2.22. The Kier molecular flexibility index (Phi) is 4.11. The van der Waals surface area contributed by atoms with Gasteiger partial charge < -0.3 is 16.0 Å². The lowest BCUT2D eigenvalue weighted by Gasteiger charge is -2.33. The Morgan fingerprint density at radius 3 is 2.40 bits per heavy atom. The van der Waals surface area contributed by atoms with E-state index in [4.69, 9.17) is 5.73 Å². The van der Waals surface area contributed by atoms with Crippen LogP contribution >= 0.6 is 0 Å². The minimum atomic E-state index is -0.599. The van der Waals surface area contributed by atoms with E-state index < -0.39 is 5.54 Å². The maximum atomic E-state index is 11.5. The molecule has 0 bridgehead atoms. The summed E-state index contributed by atoms with van der Waals surface area (Å²) >= 11 is 0. The Hall–Kier alpha value is -0.610. The topological polar surface area (TPSA) is 58.4 Å². The maximum Gasteiger partial charge on any atom is 0.238 e. The minimum Gasteiger partial charge on any atom is -0.368 e. The van der Waals surface area contributed by atoms with E-state index >= 15 is 0 Å². The highest BCUT2D eigenvalue weighted by Gasteiger charge is 2.34. The number of rotatable bonds is 5. The number of hydrogen-bond donors (Lipinski definition) is 2. The van der Waals surface area contributed by atoms with Crippen molar-refractivity contribution in [2.24, 2.45) is 5.73 Å². The first-order valence-electron chi connectivity index (χ1n) is 5.74. The van der Waals surface area contributed by atoms with Crippen LogP contribution in [-0.2, 0) is 4.79 Å². The molecule has 0 radical (unpaired) electrons. The van der Waals surface area contributed by atoms with Gasteiger partial charge in [-0.25, -0.2) is 0 Å². The number of likely N-dealkylation sites (tertiary alicyclic amines) is 1. The second-order valence-electron chi connectivity index (χ2n) is 4.98. The summed E-state index contributed by atoms with van der Waals surface area (Å²) in [6, 6.07) is 0.269. The zero-order valence-corrected chi connectivity index (χ0v) is 10.0. The average Bonchev–Trinajstić information content (AvgIpc) is 2.54. The number of hydrogen-bond acceptors (Lipinski definition) is 3. The maximum absolute atomic E-state index is 11.5. The molecule has 1 saturated heterocycles. The molecule has 1 fully saturated rings. The normalized spacial score (nSPS) is 21.9. The fourth-order valence-electron chi connectivity index (χ4n) is 2.22. The van der Waals surface area contributed by atoms with Crippen LogP contribution in [0.1, 0.15) is 33.6 Å². The van der Waals surface area contributed by atoms with Crippen LogP contribution in [0, 0.1) is 0 Å². The van der Waals surface area contributed by atoms with E-state index in [0.717, 1.165) is 19.6 Å². The molecule has 4 heteroatoms. The number of carbonyl (C=O) groups is 1. The SMILES string of the molecule is CC(C)NC(C)(CN1CCCC1)C(N)=O. The molecule has 4 nitrogen and oxygen atoms in total. The Morgan fingerprint density at radius 1 is 1.47 bits per heavy atom. The van der Waals surface area contributed by atoms with Crippen molar-refractivity contribution in [1.29, 1.82) is 0 Å². The first kappa shape index (κ1) is 12.5. The van der Waals surface area contributed by atoms with Crippen molar-refractivity contribution in [2.75, 3.05) is 19.6 Å². The Labute approximate surface area is 92.2 Å². The monoisotopic (exact) mass is 213 g/mol. The minimum absolute atomic E-state index is 0.261. The summed E-state index contributed by atoms with van der Waals surface area (Å²) in [5, 5.41) is 3.27. The Morgan fingerprint density at radius 2 is 2.00 bits per heavy atom. The average molecular weight is 213 g/mol. The van der Waals surface area contributed by atoms with Crippen LogP contribution in [0.2, 0.25) is 0 Å². The number of primary amides is 1. The first-order valence-corrected chi connectivity index (χ1v) is 5.74. The van der Waals surface area contributed by atoms with E-state index in [1.807, 2.05) is 20.8 Å². The highest BCUT2D eigenvalue weighted by atomic mass is 16.1. The summed E-state index contributed by atoms with van der Waals surface area (Å²) in [5.41, 5.74) is 4.87. The summed E-state index contributed by atoms with van der Waals surface area (Å²) in [5.74, 6) is -0.261. The summed E-state index contributed by atoms with van der Waals surface area (Å²) in [6.45, 7) is 8.86. The lowest BCUT2D eigenvalue weighted by Crippen LogP contribution is -2.61. The molecule has 1 aliphatic rings. The van der Waals surface area contributed by atoms with Crippen molar-refractivity contribution >= 4 is 5.91 Å². The molecule has 1 unspecified atom stereocenters. The third-order valence-electron chi connectivity index (χ3n) is 2.89. The van der Waals surface area contributed by atoms with Crippen molar-refractivity contribution in [3.8, 4) is 0 Å². The van der Waals surface area contributed by atoms with Gasteiger partial charge in [-0.3, -0.25) is 4.79 Å². The standard InChI is InChI=1S/C11H23N3O/c1-9(2)13-11(3,10(12)15)8-14-6-4-5-7-14/h9,13H,4-8H2,1-3H3,(H2,12,15).